The van der Waals surface area contributed by atoms with Gasteiger partial charge in [-0.2, -0.15) is 0 Å². The lowest BCUT2D eigenvalue weighted by Crippen LogP contribution is -2.33. The maximum Gasteiger partial charge on any atom is 0.306 e. The molecule has 3 rings (SSSR count). The van der Waals surface area contributed by atoms with Gasteiger partial charge in [-0.25, -0.2) is 4.98 Å². The molecule has 2 N–H and O–H groups in total. The van der Waals surface area contributed by atoms with Gasteiger partial charge >= 0.3 is 5.97 Å². The van der Waals surface area contributed by atoms with Crippen LogP contribution in [0.4, 0.5) is 0 Å². The number of aliphatic carboxylic acids is 1. The number of carbonyl (C=O) groups excluding carboxylic acids is 1. The first-order valence-electron chi connectivity index (χ1n) is 7.16. The zero-order valence-corrected chi connectivity index (χ0v) is 11.9. The minimum atomic E-state index is -0.784. The average molecular weight is 300 g/mol. The summed E-state index contributed by atoms with van der Waals surface area (Å²) in [5.74, 6) is -0.667. The van der Waals surface area contributed by atoms with E-state index < -0.39 is 5.97 Å². The SMILES string of the molecule is O=C(N[C@H]1CC[C@@H](C(=O)O)C1)c1ccc(-c2cnco2)cc1. The molecule has 1 heterocycles. The van der Waals surface area contributed by atoms with Gasteiger partial charge in [-0.05, 0) is 31.4 Å². The van der Waals surface area contributed by atoms with Crippen molar-refractivity contribution in [3.63, 3.8) is 0 Å². The third-order valence-electron chi connectivity index (χ3n) is 3.98. The van der Waals surface area contributed by atoms with Gasteiger partial charge in [-0.15, -0.1) is 0 Å². The molecular weight excluding hydrogens is 284 g/mol. The molecule has 114 valence electrons. The van der Waals surface area contributed by atoms with Crippen LogP contribution in [0.5, 0.6) is 0 Å². The van der Waals surface area contributed by atoms with Gasteiger partial charge in [0.15, 0.2) is 12.2 Å². The smallest absolute Gasteiger partial charge is 0.306 e. The molecule has 0 radical (unpaired) electrons. The first kappa shape index (κ1) is 14.3. The number of oxazole rings is 1. The molecule has 0 unspecified atom stereocenters. The number of aromatic nitrogens is 1. The van der Waals surface area contributed by atoms with E-state index in [-0.39, 0.29) is 17.9 Å². The largest absolute Gasteiger partial charge is 0.481 e. The lowest BCUT2D eigenvalue weighted by atomic mass is 10.1. The van der Waals surface area contributed by atoms with Gasteiger partial charge in [0.25, 0.3) is 5.91 Å². The molecule has 1 saturated carbocycles. The van der Waals surface area contributed by atoms with Crippen LogP contribution in [-0.2, 0) is 4.79 Å². The lowest BCUT2D eigenvalue weighted by Gasteiger charge is -2.12. The van der Waals surface area contributed by atoms with Crippen molar-refractivity contribution < 1.29 is 19.1 Å². The maximum absolute atomic E-state index is 12.2. The van der Waals surface area contributed by atoms with Crippen molar-refractivity contribution in [2.75, 3.05) is 0 Å². The van der Waals surface area contributed by atoms with Crippen molar-refractivity contribution in [1.29, 1.82) is 0 Å². The number of hydrogen-bond acceptors (Lipinski definition) is 4. The standard InChI is InChI=1S/C16H16N2O4/c19-15(18-13-6-5-12(7-13)16(20)21)11-3-1-10(2-4-11)14-8-17-9-22-14/h1-4,8-9,12-13H,5-7H2,(H,18,19)(H,20,21)/t12-,13+/m1/s1. The van der Waals surface area contributed by atoms with Crippen LogP contribution in [0.2, 0.25) is 0 Å². The molecule has 2 aromatic rings. The van der Waals surface area contributed by atoms with Gasteiger partial charge < -0.3 is 14.8 Å². The Labute approximate surface area is 127 Å². The molecule has 6 heteroatoms. The number of carboxylic acid groups (broad SMARTS) is 1. The molecule has 1 aliphatic rings. The normalized spacial score (nSPS) is 20.7. The summed E-state index contributed by atoms with van der Waals surface area (Å²) in [4.78, 5) is 27.0. The van der Waals surface area contributed by atoms with Crippen LogP contribution in [0.3, 0.4) is 0 Å². The molecule has 1 amide bonds. The highest BCUT2D eigenvalue weighted by molar-refractivity contribution is 5.94. The molecule has 0 spiro atoms. The van der Waals surface area contributed by atoms with E-state index in [0.717, 1.165) is 5.56 Å². The van der Waals surface area contributed by atoms with E-state index in [0.29, 0.717) is 30.6 Å². The summed E-state index contributed by atoms with van der Waals surface area (Å²) in [5, 5.41) is 11.9. The second-order valence-electron chi connectivity index (χ2n) is 5.46. The topological polar surface area (TPSA) is 92.4 Å². The first-order chi connectivity index (χ1) is 10.6. The third-order valence-corrected chi connectivity index (χ3v) is 3.98. The number of benzene rings is 1. The number of hydrogen-bond donors (Lipinski definition) is 2. The molecule has 22 heavy (non-hydrogen) atoms. The van der Waals surface area contributed by atoms with Crippen LogP contribution in [0.1, 0.15) is 29.6 Å². The van der Waals surface area contributed by atoms with E-state index in [1.165, 1.54) is 6.39 Å². The highest BCUT2D eigenvalue weighted by Gasteiger charge is 2.30. The number of carboxylic acids is 1. The molecule has 2 atom stereocenters. The van der Waals surface area contributed by atoms with Gasteiger partial charge in [0.05, 0.1) is 12.1 Å². The molecule has 0 aliphatic heterocycles. The monoisotopic (exact) mass is 300 g/mol. The fraction of sp³-hybridized carbons (Fsp3) is 0.312. The molecule has 1 aliphatic carbocycles. The lowest BCUT2D eigenvalue weighted by molar-refractivity contribution is -0.141. The van der Waals surface area contributed by atoms with Crippen molar-refractivity contribution >= 4 is 11.9 Å². The summed E-state index contributed by atoms with van der Waals surface area (Å²) in [6.07, 6.45) is 4.79. The Hall–Kier alpha value is -2.63. The predicted molar refractivity (Wildman–Crippen MR) is 78.2 cm³/mol. The molecule has 0 saturated heterocycles. The Morgan fingerprint density at radius 1 is 1.23 bits per heavy atom. The van der Waals surface area contributed by atoms with Crippen LogP contribution in [0.25, 0.3) is 11.3 Å². The van der Waals surface area contributed by atoms with Crippen molar-refractivity contribution in [1.82, 2.24) is 10.3 Å². The highest BCUT2D eigenvalue weighted by atomic mass is 16.4. The van der Waals surface area contributed by atoms with E-state index in [2.05, 4.69) is 10.3 Å². The van der Waals surface area contributed by atoms with Crippen LogP contribution in [0, 0.1) is 5.92 Å². The van der Waals surface area contributed by atoms with Gasteiger partial charge in [-0.3, -0.25) is 9.59 Å². The summed E-state index contributed by atoms with van der Waals surface area (Å²) < 4.78 is 5.19. The van der Waals surface area contributed by atoms with Crippen molar-refractivity contribution in [3.8, 4) is 11.3 Å². The molecule has 1 fully saturated rings. The quantitative estimate of drug-likeness (QED) is 0.904. The summed E-state index contributed by atoms with van der Waals surface area (Å²) in [5.41, 5.74) is 1.39. The van der Waals surface area contributed by atoms with E-state index in [1.54, 1.807) is 30.5 Å². The second kappa shape index (κ2) is 6.01. The Morgan fingerprint density at radius 3 is 2.59 bits per heavy atom. The molecule has 1 aromatic heterocycles. The summed E-state index contributed by atoms with van der Waals surface area (Å²) in [7, 11) is 0. The van der Waals surface area contributed by atoms with Gasteiger partial charge in [0, 0.05) is 17.2 Å². The minimum absolute atomic E-state index is 0.0671. The van der Waals surface area contributed by atoms with Crippen molar-refractivity contribution in [2.24, 2.45) is 5.92 Å². The van der Waals surface area contributed by atoms with Crippen LogP contribution in [-0.4, -0.2) is 28.0 Å². The Kier molecular flexibility index (Phi) is 3.91. The van der Waals surface area contributed by atoms with E-state index in [4.69, 9.17) is 9.52 Å². The maximum atomic E-state index is 12.2. The number of carbonyl (C=O) groups is 2. The first-order valence-corrected chi connectivity index (χ1v) is 7.16. The van der Waals surface area contributed by atoms with Crippen LogP contribution >= 0.6 is 0 Å². The Morgan fingerprint density at radius 2 is 2.00 bits per heavy atom. The number of amides is 1. The Bertz CT molecular complexity index is 664. The molecular formula is C16H16N2O4. The molecule has 0 bridgehead atoms. The van der Waals surface area contributed by atoms with Crippen molar-refractivity contribution in [3.05, 3.63) is 42.4 Å². The predicted octanol–water partition coefficient (Wildman–Crippen LogP) is 2.32. The average Bonchev–Trinajstić information content (AvgIpc) is 3.19. The van der Waals surface area contributed by atoms with Gasteiger partial charge in [-0.1, -0.05) is 12.1 Å². The third kappa shape index (κ3) is 3.00. The van der Waals surface area contributed by atoms with Gasteiger partial charge in [0.2, 0.25) is 0 Å². The second-order valence-corrected chi connectivity index (χ2v) is 5.46. The summed E-state index contributed by atoms with van der Waals surface area (Å²) in [6.45, 7) is 0. The summed E-state index contributed by atoms with van der Waals surface area (Å²) >= 11 is 0. The van der Waals surface area contributed by atoms with Gasteiger partial charge in [0.1, 0.15) is 0 Å². The number of nitrogens with zero attached hydrogens (tertiary/aromatic N) is 1. The minimum Gasteiger partial charge on any atom is -0.481 e. The fourth-order valence-corrected chi connectivity index (χ4v) is 2.75. The van der Waals surface area contributed by atoms with E-state index in [1.807, 2.05) is 0 Å². The fourth-order valence-electron chi connectivity index (χ4n) is 2.75. The zero-order valence-electron chi connectivity index (χ0n) is 11.9. The van der Waals surface area contributed by atoms with Crippen LogP contribution < -0.4 is 5.32 Å². The summed E-state index contributed by atoms with van der Waals surface area (Å²) in [6, 6.07) is 6.96. The molecule has 6 nitrogen and oxygen atoms in total. The van der Waals surface area contributed by atoms with Crippen molar-refractivity contribution in [2.45, 2.75) is 25.3 Å². The molecule has 1 aromatic carbocycles. The van der Waals surface area contributed by atoms with E-state index in [9.17, 15) is 9.59 Å². The van der Waals surface area contributed by atoms with Crippen LogP contribution in [0.15, 0.2) is 41.3 Å². The highest BCUT2D eigenvalue weighted by Crippen LogP contribution is 2.26. The Balaban J connectivity index is 1.62. The number of nitrogens with one attached hydrogen (secondary N) is 1. The zero-order chi connectivity index (χ0) is 15.5. The van der Waals surface area contributed by atoms with E-state index >= 15 is 0 Å². The number of rotatable bonds is 4.